The van der Waals surface area contributed by atoms with Crippen molar-refractivity contribution in [3.63, 3.8) is 0 Å². The lowest BCUT2D eigenvalue weighted by Gasteiger charge is -2.17. The van der Waals surface area contributed by atoms with Crippen molar-refractivity contribution >= 4 is 22.3 Å². The van der Waals surface area contributed by atoms with Crippen molar-refractivity contribution < 1.29 is 5.11 Å². The summed E-state index contributed by atoms with van der Waals surface area (Å²) in [7, 11) is 0. The van der Waals surface area contributed by atoms with Crippen LogP contribution < -0.4 is 16.6 Å². The number of aromatic amines is 1. The molecule has 1 unspecified atom stereocenters. The predicted octanol–water partition coefficient (Wildman–Crippen LogP) is 1.72. The number of fused-ring (bicyclic) bond motifs is 1. The normalized spacial score (nSPS) is 12.5. The van der Waals surface area contributed by atoms with E-state index in [0.29, 0.717) is 22.5 Å². The zero-order valence-corrected chi connectivity index (χ0v) is 12.2. The van der Waals surface area contributed by atoms with Crippen LogP contribution in [0, 0.1) is 5.92 Å². The molecule has 1 aromatic carbocycles. The Hall–Kier alpha value is -2.08. The minimum atomic E-state index is -0.192. The molecular weight excluding hydrogens is 268 g/mol. The minimum absolute atomic E-state index is 0.191. The maximum atomic E-state index is 11.7. The van der Waals surface area contributed by atoms with E-state index >= 15 is 0 Å². The fourth-order valence-corrected chi connectivity index (χ4v) is 2.48. The molecule has 6 nitrogen and oxygen atoms in total. The van der Waals surface area contributed by atoms with Gasteiger partial charge in [-0.25, -0.2) is 4.98 Å². The summed E-state index contributed by atoms with van der Waals surface area (Å²) in [5, 5.41) is 12.9. The first-order chi connectivity index (χ1) is 10.2. The first-order valence-corrected chi connectivity index (χ1v) is 7.27. The van der Waals surface area contributed by atoms with Gasteiger partial charge in [-0.1, -0.05) is 13.3 Å². The second-order valence-electron chi connectivity index (χ2n) is 5.24. The van der Waals surface area contributed by atoms with Gasteiger partial charge in [-0.15, -0.1) is 0 Å². The Morgan fingerprint density at radius 1 is 1.43 bits per heavy atom. The summed E-state index contributed by atoms with van der Waals surface area (Å²) in [5.74, 6) is 0.405. The number of hydrogen-bond donors (Lipinski definition) is 4. The number of aromatic nitrogens is 2. The molecule has 0 bridgehead atoms. The molecule has 0 saturated carbocycles. The Morgan fingerprint density at radius 2 is 2.24 bits per heavy atom. The van der Waals surface area contributed by atoms with Crippen LogP contribution in [0.4, 0.5) is 11.4 Å². The molecule has 0 fully saturated rings. The quantitative estimate of drug-likeness (QED) is 0.581. The summed E-state index contributed by atoms with van der Waals surface area (Å²) >= 11 is 0. The second-order valence-corrected chi connectivity index (χ2v) is 5.24. The topological polar surface area (TPSA) is 104 Å². The van der Waals surface area contributed by atoms with Crippen LogP contribution in [-0.2, 0) is 0 Å². The van der Waals surface area contributed by atoms with Gasteiger partial charge in [-0.05, 0) is 30.9 Å². The number of anilines is 2. The number of H-pyrrole nitrogens is 1. The third kappa shape index (κ3) is 3.72. The number of nitrogens with zero attached hydrogens (tertiary/aromatic N) is 1. The Kier molecular flexibility index (Phi) is 5.16. The average molecular weight is 290 g/mol. The van der Waals surface area contributed by atoms with Gasteiger partial charge in [0.2, 0.25) is 0 Å². The van der Waals surface area contributed by atoms with Crippen LogP contribution in [0.15, 0.2) is 23.3 Å². The van der Waals surface area contributed by atoms with E-state index in [9.17, 15) is 4.79 Å². The summed E-state index contributed by atoms with van der Waals surface area (Å²) in [6, 6.07) is 3.44. The van der Waals surface area contributed by atoms with E-state index in [1.54, 1.807) is 12.1 Å². The standard InChI is InChI=1S/C15H22N4O2/c1-2-3-10(4-5-20)8-17-14-7-13-11(6-12(14)16)15(21)19-9-18-13/h6-7,9-10,17,20H,2-5,8,16H2,1H3,(H,18,19,21). The highest BCUT2D eigenvalue weighted by atomic mass is 16.3. The molecule has 0 saturated heterocycles. The SMILES string of the molecule is CCCC(CCO)CNc1cc2nc[nH]c(=O)c2cc1N. The fraction of sp³-hybridized carbons (Fsp3) is 0.467. The number of rotatable bonds is 7. The summed E-state index contributed by atoms with van der Waals surface area (Å²) in [6.45, 7) is 3.06. The van der Waals surface area contributed by atoms with Crippen LogP contribution in [0.3, 0.4) is 0 Å². The monoisotopic (exact) mass is 290 g/mol. The van der Waals surface area contributed by atoms with Crippen LogP contribution in [0.1, 0.15) is 26.2 Å². The van der Waals surface area contributed by atoms with Crippen LogP contribution in [0.5, 0.6) is 0 Å². The molecule has 114 valence electrons. The van der Waals surface area contributed by atoms with Gasteiger partial charge in [0.1, 0.15) is 0 Å². The van der Waals surface area contributed by atoms with E-state index in [2.05, 4.69) is 22.2 Å². The van der Waals surface area contributed by atoms with E-state index in [-0.39, 0.29) is 12.2 Å². The highest BCUT2D eigenvalue weighted by Gasteiger charge is 2.10. The molecule has 2 aromatic rings. The van der Waals surface area contributed by atoms with E-state index in [0.717, 1.165) is 31.5 Å². The summed E-state index contributed by atoms with van der Waals surface area (Å²) < 4.78 is 0. The van der Waals surface area contributed by atoms with Gasteiger partial charge in [0.25, 0.3) is 5.56 Å². The maximum Gasteiger partial charge on any atom is 0.258 e. The summed E-state index contributed by atoms with van der Waals surface area (Å²) in [4.78, 5) is 18.4. The minimum Gasteiger partial charge on any atom is -0.397 e. The Morgan fingerprint density at radius 3 is 2.95 bits per heavy atom. The van der Waals surface area contributed by atoms with Crippen molar-refractivity contribution in [3.05, 3.63) is 28.8 Å². The van der Waals surface area contributed by atoms with E-state index in [1.165, 1.54) is 6.33 Å². The zero-order chi connectivity index (χ0) is 15.2. The third-order valence-electron chi connectivity index (χ3n) is 3.63. The summed E-state index contributed by atoms with van der Waals surface area (Å²) in [5.41, 5.74) is 7.73. The van der Waals surface area contributed by atoms with Crippen molar-refractivity contribution in [3.8, 4) is 0 Å². The maximum absolute atomic E-state index is 11.7. The van der Waals surface area contributed by atoms with Gasteiger partial charge in [-0.2, -0.15) is 0 Å². The van der Waals surface area contributed by atoms with Gasteiger partial charge in [0, 0.05) is 13.2 Å². The predicted molar refractivity (Wildman–Crippen MR) is 85.4 cm³/mol. The number of benzene rings is 1. The van der Waals surface area contributed by atoms with Gasteiger partial charge >= 0.3 is 0 Å². The van der Waals surface area contributed by atoms with Gasteiger partial charge in [0.15, 0.2) is 0 Å². The summed E-state index contributed by atoms with van der Waals surface area (Å²) in [6.07, 6.45) is 4.29. The number of nitrogens with two attached hydrogens (primary N) is 1. The van der Waals surface area contributed by atoms with Crippen molar-refractivity contribution in [2.24, 2.45) is 5.92 Å². The van der Waals surface area contributed by atoms with Gasteiger partial charge in [0.05, 0.1) is 28.6 Å². The molecule has 1 atom stereocenters. The zero-order valence-electron chi connectivity index (χ0n) is 12.2. The highest BCUT2D eigenvalue weighted by Crippen LogP contribution is 2.24. The number of hydrogen-bond acceptors (Lipinski definition) is 5. The molecule has 5 N–H and O–H groups in total. The first kappa shape index (κ1) is 15.3. The number of nitrogens with one attached hydrogen (secondary N) is 2. The van der Waals surface area contributed by atoms with Crippen molar-refractivity contribution in [1.82, 2.24) is 9.97 Å². The Labute approximate surface area is 123 Å². The lowest BCUT2D eigenvalue weighted by Crippen LogP contribution is -2.17. The first-order valence-electron chi connectivity index (χ1n) is 7.27. The van der Waals surface area contributed by atoms with E-state index in [1.807, 2.05) is 0 Å². The van der Waals surface area contributed by atoms with E-state index < -0.39 is 0 Å². The molecule has 1 aromatic heterocycles. The van der Waals surface area contributed by atoms with Crippen LogP contribution in [0.25, 0.3) is 10.9 Å². The number of aliphatic hydroxyl groups is 1. The number of aliphatic hydroxyl groups excluding tert-OH is 1. The molecular formula is C15H22N4O2. The lowest BCUT2D eigenvalue weighted by atomic mass is 10.00. The second kappa shape index (κ2) is 7.08. The van der Waals surface area contributed by atoms with Crippen LogP contribution in [0.2, 0.25) is 0 Å². The molecule has 6 heteroatoms. The number of nitrogen functional groups attached to an aromatic ring is 1. The molecule has 0 amide bonds. The van der Waals surface area contributed by atoms with Crippen LogP contribution >= 0.6 is 0 Å². The molecule has 0 aliphatic rings. The van der Waals surface area contributed by atoms with Gasteiger partial charge < -0.3 is 21.1 Å². The molecule has 21 heavy (non-hydrogen) atoms. The van der Waals surface area contributed by atoms with Crippen molar-refractivity contribution in [1.29, 1.82) is 0 Å². The molecule has 0 radical (unpaired) electrons. The Bertz CT molecular complexity index is 648. The average Bonchev–Trinajstić information content (AvgIpc) is 2.46. The van der Waals surface area contributed by atoms with Crippen molar-refractivity contribution in [2.75, 3.05) is 24.2 Å². The Balaban J connectivity index is 2.18. The molecule has 2 rings (SSSR count). The molecule has 0 aliphatic carbocycles. The van der Waals surface area contributed by atoms with Gasteiger partial charge in [-0.3, -0.25) is 4.79 Å². The highest BCUT2D eigenvalue weighted by molar-refractivity contribution is 5.88. The molecule has 1 heterocycles. The largest absolute Gasteiger partial charge is 0.397 e. The molecule has 0 aliphatic heterocycles. The smallest absolute Gasteiger partial charge is 0.258 e. The molecule has 0 spiro atoms. The lowest BCUT2D eigenvalue weighted by molar-refractivity contribution is 0.255. The van der Waals surface area contributed by atoms with Crippen LogP contribution in [-0.4, -0.2) is 28.2 Å². The van der Waals surface area contributed by atoms with E-state index in [4.69, 9.17) is 10.8 Å². The van der Waals surface area contributed by atoms with Crippen molar-refractivity contribution in [2.45, 2.75) is 26.2 Å². The fourth-order valence-electron chi connectivity index (χ4n) is 2.48. The third-order valence-corrected chi connectivity index (χ3v) is 3.63.